The van der Waals surface area contributed by atoms with Crippen LogP contribution in [-0.2, 0) is 22.7 Å². The molecule has 0 fully saturated rings. The Balaban J connectivity index is -0.000000277. The highest BCUT2D eigenvalue weighted by molar-refractivity contribution is 7.48. The van der Waals surface area contributed by atoms with Crippen LogP contribution in [0.4, 0.5) is 0 Å². The van der Waals surface area contributed by atoms with Crippen LogP contribution in [0.1, 0.15) is 13.8 Å². The van der Waals surface area contributed by atoms with Gasteiger partial charge >= 0.3 is 15.6 Å². The molecule has 0 aliphatic heterocycles. The number of phosphoric acid groups is 2. The third-order valence-electron chi connectivity index (χ3n) is 1.10. The molecule has 0 saturated heterocycles. The summed E-state index contributed by atoms with van der Waals surface area (Å²) in [6.45, 7) is 3.71. The van der Waals surface area contributed by atoms with E-state index in [1.165, 1.54) is 14.2 Å². The van der Waals surface area contributed by atoms with Gasteiger partial charge in [0.1, 0.15) is 15.2 Å². The zero-order valence-electron chi connectivity index (χ0n) is 11.9. The summed E-state index contributed by atoms with van der Waals surface area (Å²) in [5.41, 5.74) is 0.957. The second kappa shape index (κ2) is 14.1. The summed E-state index contributed by atoms with van der Waals surface area (Å²) in [5.74, 6) is 0. The minimum absolute atomic E-state index is 0.167. The largest absolute Gasteiger partial charge is 0.529 e. The number of rotatable bonds is 4. The summed E-state index contributed by atoms with van der Waals surface area (Å²) in [4.78, 5) is 21.6. The van der Waals surface area contributed by atoms with Crippen molar-refractivity contribution in [1.82, 2.24) is 0 Å². The van der Waals surface area contributed by atoms with Crippen LogP contribution < -0.4 is 0 Å². The Morgan fingerprint density at radius 2 is 1.23 bits per heavy atom. The molecular weight excluding hydrogens is 428 g/mol. The zero-order valence-corrected chi connectivity index (χ0v) is 16.7. The Morgan fingerprint density at radius 3 is 1.36 bits per heavy atom. The predicted octanol–water partition coefficient (Wildman–Crippen LogP) is 4.47. The Hall–Kier alpha value is 0.700. The van der Waals surface area contributed by atoms with E-state index in [0.29, 0.717) is 4.49 Å². The van der Waals surface area contributed by atoms with Gasteiger partial charge in [-0.3, -0.25) is 9.05 Å². The highest BCUT2D eigenvalue weighted by atomic mass is 35.5. The van der Waals surface area contributed by atoms with Gasteiger partial charge in [0.15, 0.2) is 0 Å². The van der Waals surface area contributed by atoms with Crippen molar-refractivity contribution in [2.24, 2.45) is 0 Å². The maximum Gasteiger partial charge on any atom is 0.529 e. The smallest absolute Gasteiger partial charge is 0.409 e. The topological polar surface area (TPSA) is 123 Å². The molecule has 0 unspecified atom stereocenters. The Kier molecular flexibility index (Phi) is 17.6. The standard InChI is InChI=1S/C4H7Cl2O4P.C4H6Cl2.H3O4P/c1-8-11(7,9-2)10-3-4(5)6;1-3(2)4(5)6;1-5(2,3)4/h3H,1-2H3;1-2H3;(H3,1,2,3,4). The summed E-state index contributed by atoms with van der Waals surface area (Å²) in [6, 6.07) is 0. The van der Waals surface area contributed by atoms with Crippen LogP contribution in [0.5, 0.6) is 0 Å². The molecule has 0 amide bonds. The Labute approximate surface area is 148 Å². The maximum absolute atomic E-state index is 11.0. The van der Waals surface area contributed by atoms with E-state index in [-0.39, 0.29) is 4.49 Å². The van der Waals surface area contributed by atoms with E-state index < -0.39 is 15.6 Å². The lowest BCUT2D eigenvalue weighted by molar-refractivity contribution is 0.194. The molecule has 0 aromatic rings. The van der Waals surface area contributed by atoms with Gasteiger partial charge in [0.05, 0.1) is 0 Å². The molecule has 134 valence electrons. The van der Waals surface area contributed by atoms with Gasteiger partial charge in [-0.05, 0) is 19.4 Å². The van der Waals surface area contributed by atoms with Crippen LogP contribution in [0, 0.1) is 0 Å². The van der Waals surface area contributed by atoms with E-state index in [9.17, 15) is 4.57 Å². The quantitative estimate of drug-likeness (QED) is 0.429. The summed E-state index contributed by atoms with van der Waals surface area (Å²) in [5, 5.41) is 0. The van der Waals surface area contributed by atoms with Gasteiger partial charge in [-0.15, -0.1) is 0 Å². The molecule has 0 spiro atoms. The number of hydrogen-bond donors (Lipinski definition) is 3. The molecule has 0 atom stereocenters. The number of allylic oxidation sites excluding steroid dienone is 1. The van der Waals surface area contributed by atoms with Crippen LogP contribution in [0.25, 0.3) is 0 Å². The van der Waals surface area contributed by atoms with Crippen molar-refractivity contribution in [3.8, 4) is 0 Å². The van der Waals surface area contributed by atoms with Gasteiger partial charge in [-0.2, -0.15) is 0 Å². The Morgan fingerprint density at radius 1 is 0.955 bits per heavy atom. The van der Waals surface area contributed by atoms with Crippen LogP contribution >= 0.6 is 62.0 Å². The van der Waals surface area contributed by atoms with Crippen LogP contribution in [0.15, 0.2) is 20.8 Å². The molecule has 0 bridgehead atoms. The maximum atomic E-state index is 11.0. The first kappa shape index (κ1) is 27.5. The van der Waals surface area contributed by atoms with Gasteiger partial charge in [-0.1, -0.05) is 46.4 Å². The summed E-state index contributed by atoms with van der Waals surface area (Å²) < 4.78 is 33.4. The molecule has 0 radical (unpaired) electrons. The van der Waals surface area contributed by atoms with Crippen molar-refractivity contribution in [3.63, 3.8) is 0 Å². The molecule has 0 aromatic carbocycles. The van der Waals surface area contributed by atoms with Crippen molar-refractivity contribution in [2.75, 3.05) is 14.2 Å². The fourth-order valence-electron chi connectivity index (χ4n) is 0.265. The molecule has 0 aliphatic carbocycles. The van der Waals surface area contributed by atoms with Crippen molar-refractivity contribution in [1.29, 1.82) is 0 Å². The average Bonchev–Trinajstić information content (AvgIpc) is 2.34. The van der Waals surface area contributed by atoms with Crippen molar-refractivity contribution >= 4 is 62.0 Å². The fraction of sp³-hybridized carbons (Fsp3) is 0.500. The fourth-order valence-corrected chi connectivity index (χ4v) is 1.03. The first-order valence-corrected chi connectivity index (χ1v) is 9.40. The van der Waals surface area contributed by atoms with Crippen molar-refractivity contribution < 1.29 is 37.4 Å². The molecule has 0 aliphatic rings. The molecule has 0 heterocycles. The highest BCUT2D eigenvalue weighted by Gasteiger charge is 2.22. The number of phosphoric ester groups is 1. The minimum atomic E-state index is -4.64. The summed E-state index contributed by atoms with van der Waals surface area (Å²) in [6.07, 6.45) is 0.872. The summed E-state index contributed by atoms with van der Waals surface area (Å²) in [7, 11) is -5.76. The third kappa shape index (κ3) is 28.8. The molecule has 0 rings (SSSR count). The Bertz CT molecular complexity index is 423. The van der Waals surface area contributed by atoms with E-state index in [4.69, 9.17) is 65.6 Å². The van der Waals surface area contributed by atoms with Gasteiger partial charge in [0, 0.05) is 14.2 Å². The van der Waals surface area contributed by atoms with E-state index in [2.05, 4.69) is 13.6 Å². The van der Waals surface area contributed by atoms with Gasteiger partial charge < -0.3 is 19.2 Å². The molecule has 0 aromatic heterocycles. The molecule has 3 N–H and O–H groups in total. The minimum Gasteiger partial charge on any atom is -0.409 e. The lowest BCUT2D eigenvalue weighted by Crippen LogP contribution is -1.88. The monoisotopic (exact) mass is 442 g/mol. The molecular formula is C8H16Cl4O8P2. The van der Waals surface area contributed by atoms with E-state index in [0.717, 1.165) is 11.8 Å². The second-order valence-electron chi connectivity index (χ2n) is 3.10. The number of hydrogen-bond acceptors (Lipinski definition) is 5. The molecule has 8 nitrogen and oxygen atoms in total. The van der Waals surface area contributed by atoms with E-state index in [1.54, 1.807) is 0 Å². The SMILES string of the molecule is CC(C)=C(Cl)Cl.COP(=O)(OC)OC=C(Cl)Cl.O=P(O)(O)O. The first-order valence-electron chi connectivity index (χ1n) is 4.86. The van der Waals surface area contributed by atoms with Crippen molar-refractivity contribution in [2.45, 2.75) is 13.8 Å². The van der Waals surface area contributed by atoms with Gasteiger partial charge in [0.2, 0.25) is 0 Å². The lowest BCUT2D eigenvalue weighted by atomic mass is 10.4. The number of halogens is 4. The van der Waals surface area contributed by atoms with Gasteiger partial charge in [0.25, 0.3) is 0 Å². The molecule has 22 heavy (non-hydrogen) atoms. The first-order chi connectivity index (χ1) is 9.68. The average molecular weight is 444 g/mol. The zero-order chi connectivity index (χ0) is 18.6. The van der Waals surface area contributed by atoms with E-state index in [1.807, 2.05) is 13.8 Å². The summed E-state index contributed by atoms with van der Waals surface area (Å²) >= 11 is 20.8. The molecule has 0 saturated carbocycles. The van der Waals surface area contributed by atoms with Gasteiger partial charge in [-0.25, -0.2) is 9.13 Å². The third-order valence-corrected chi connectivity index (χ3v) is 3.29. The second-order valence-corrected chi connectivity index (χ2v) is 7.92. The molecule has 14 heteroatoms. The van der Waals surface area contributed by atoms with Crippen LogP contribution in [0.2, 0.25) is 0 Å². The predicted molar refractivity (Wildman–Crippen MR) is 86.8 cm³/mol. The van der Waals surface area contributed by atoms with Crippen LogP contribution in [-0.4, -0.2) is 28.9 Å². The normalized spacial score (nSPS) is 10.3. The lowest BCUT2D eigenvalue weighted by Gasteiger charge is -2.10. The van der Waals surface area contributed by atoms with E-state index >= 15 is 0 Å². The van der Waals surface area contributed by atoms with Crippen molar-refractivity contribution in [3.05, 3.63) is 20.8 Å². The van der Waals surface area contributed by atoms with Crippen LogP contribution in [0.3, 0.4) is 0 Å². The highest BCUT2D eigenvalue weighted by Crippen LogP contribution is 2.48.